The van der Waals surface area contributed by atoms with Crippen molar-refractivity contribution >= 4 is 44.4 Å². The largest absolute Gasteiger partial charge is 0.460 e. The maximum atomic E-state index is 6.24. The van der Waals surface area contributed by atoms with Crippen molar-refractivity contribution in [2.45, 2.75) is 12.3 Å². The molecule has 0 spiro atoms. The fourth-order valence-electron chi connectivity index (χ4n) is 7.12. The lowest BCUT2D eigenvalue weighted by molar-refractivity contribution is 0.524. The quantitative estimate of drug-likeness (QED) is 0.169. The van der Waals surface area contributed by atoms with Crippen LogP contribution in [0.5, 0.6) is 0 Å². The minimum atomic E-state index is 0.175. The van der Waals surface area contributed by atoms with Crippen LogP contribution in [0, 0.1) is 0 Å². The van der Waals surface area contributed by atoms with Crippen molar-refractivity contribution in [3.05, 3.63) is 187 Å². The van der Waals surface area contributed by atoms with E-state index in [0.29, 0.717) is 5.89 Å². The van der Waals surface area contributed by atoms with Gasteiger partial charge in [-0.25, -0.2) is 4.98 Å². The normalized spacial score (nSPS) is 14.3. The standard InChI is InChI=1S/C47H32N2O3/c1-4-10-42-36(7-1)29-45(50-42)33-19-25-39(26-20-33)49(40-27-21-34(22-28-40)46-30-37-8-2-5-11-43(37)51-46)38-23-17-32(18-24-38)31-13-15-35(16-14-31)47-48-41-9-3-6-12-44(41)52-47/h1-21,23-30,34H,22H2. The van der Waals surface area contributed by atoms with Crippen molar-refractivity contribution in [1.82, 2.24) is 4.98 Å². The molecular formula is C47H32N2O3. The van der Waals surface area contributed by atoms with Gasteiger partial charge in [-0.2, -0.15) is 0 Å². The summed E-state index contributed by atoms with van der Waals surface area (Å²) >= 11 is 0. The van der Waals surface area contributed by atoms with Gasteiger partial charge in [-0.15, -0.1) is 0 Å². The topological polar surface area (TPSA) is 55.6 Å². The number of nitrogens with zero attached hydrogens (tertiary/aromatic N) is 2. The van der Waals surface area contributed by atoms with Gasteiger partial charge in [0.15, 0.2) is 5.58 Å². The van der Waals surface area contributed by atoms with E-state index >= 15 is 0 Å². The fourth-order valence-corrected chi connectivity index (χ4v) is 7.12. The minimum Gasteiger partial charge on any atom is -0.460 e. The molecule has 0 bridgehead atoms. The van der Waals surface area contributed by atoms with E-state index in [-0.39, 0.29) is 5.92 Å². The van der Waals surface area contributed by atoms with Crippen LogP contribution in [0.15, 0.2) is 195 Å². The lowest BCUT2D eigenvalue weighted by Crippen LogP contribution is -2.17. The summed E-state index contributed by atoms with van der Waals surface area (Å²) < 4.78 is 18.4. The molecule has 6 aromatic carbocycles. The summed E-state index contributed by atoms with van der Waals surface area (Å²) in [7, 11) is 0. The number of furan rings is 2. The molecule has 9 aromatic rings. The Bertz CT molecular complexity index is 2660. The molecule has 5 heteroatoms. The number of anilines is 2. The Morgan fingerprint density at radius 2 is 1.10 bits per heavy atom. The molecule has 5 nitrogen and oxygen atoms in total. The average Bonchev–Trinajstić information content (AvgIpc) is 3.96. The van der Waals surface area contributed by atoms with Crippen LogP contribution in [-0.2, 0) is 0 Å². The molecule has 0 aliphatic heterocycles. The first kappa shape index (κ1) is 30.0. The van der Waals surface area contributed by atoms with E-state index in [0.717, 1.165) is 90.3 Å². The second-order valence-corrected chi connectivity index (χ2v) is 13.2. The zero-order valence-electron chi connectivity index (χ0n) is 28.1. The zero-order valence-corrected chi connectivity index (χ0v) is 28.1. The molecule has 0 radical (unpaired) electrons. The maximum absolute atomic E-state index is 6.24. The molecule has 248 valence electrons. The van der Waals surface area contributed by atoms with Crippen LogP contribution in [0.1, 0.15) is 18.1 Å². The van der Waals surface area contributed by atoms with Gasteiger partial charge in [-0.3, -0.25) is 0 Å². The molecule has 1 atom stereocenters. The van der Waals surface area contributed by atoms with E-state index in [1.54, 1.807) is 0 Å². The number of allylic oxidation sites excluding steroid dienone is 3. The maximum Gasteiger partial charge on any atom is 0.227 e. The summed E-state index contributed by atoms with van der Waals surface area (Å²) in [6, 6.07) is 54.2. The van der Waals surface area contributed by atoms with E-state index in [9.17, 15) is 0 Å². The van der Waals surface area contributed by atoms with E-state index in [1.807, 2.05) is 60.7 Å². The van der Waals surface area contributed by atoms with Gasteiger partial charge in [-0.05, 0) is 109 Å². The molecule has 0 saturated carbocycles. The van der Waals surface area contributed by atoms with Crippen molar-refractivity contribution in [2.24, 2.45) is 0 Å². The first-order chi connectivity index (χ1) is 25.7. The molecular weight excluding hydrogens is 641 g/mol. The molecule has 1 aliphatic rings. The van der Waals surface area contributed by atoms with Crippen molar-refractivity contribution in [2.75, 3.05) is 4.90 Å². The minimum absolute atomic E-state index is 0.175. The Morgan fingerprint density at radius 1 is 0.519 bits per heavy atom. The monoisotopic (exact) mass is 672 g/mol. The Balaban J connectivity index is 0.956. The Kier molecular flexibility index (Phi) is 7.21. The van der Waals surface area contributed by atoms with E-state index in [1.165, 1.54) is 0 Å². The summed E-state index contributed by atoms with van der Waals surface area (Å²) in [6.07, 6.45) is 7.62. The van der Waals surface area contributed by atoms with Crippen LogP contribution in [-0.4, -0.2) is 4.98 Å². The van der Waals surface area contributed by atoms with Crippen molar-refractivity contribution in [3.63, 3.8) is 0 Å². The highest BCUT2D eigenvalue weighted by atomic mass is 16.3. The molecule has 1 unspecified atom stereocenters. The van der Waals surface area contributed by atoms with E-state index in [4.69, 9.17) is 13.3 Å². The van der Waals surface area contributed by atoms with Gasteiger partial charge < -0.3 is 18.2 Å². The fraction of sp³-hybridized carbons (Fsp3) is 0.0426. The molecule has 3 heterocycles. The summed E-state index contributed by atoms with van der Waals surface area (Å²) in [6.45, 7) is 0. The highest BCUT2D eigenvalue weighted by molar-refractivity contribution is 5.84. The SMILES string of the molecule is C1=CC(c2cc3ccccc3o2)CC=C1N(c1ccc(-c2ccc(-c3nc4ccccc4o3)cc2)cc1)c1ccc(-c2cc3ccccc3o2)cc1. The molecule has 0 amide bonds. The number of fused-ring (bicyclic) bond motifs is 3. The number of benzene rings is 6. The molecule has 0 fully saturated rings. The van der Waals surface area contributed by atoms with Crippen LogP contribution < -0.4 is 4.90 Å². The number of para-hydroxylation sites is 4. The van der Waals surface area contributed by atoms with Crippen LogP contribution in [0.25, 0.3) is 66.9 Å². The number of rotatable bonds is 7. The highest BCUT2D eigenvalue weighted by Crippen LogP contribution is 2.39. The molecule has 3 aromatic heterocycles. The Hall–Kier alpha value is -6.85. The van der Waals surface area contributed by atoms with Gasteiger partial charge in [0.2, 0.25) is 5.89 Å². The summed E-state index contributed by atoms with van der Waals surface area (Å²) in [5.74, 6) is 2.65. The van der Waals surface area contributed by atoms with Crippen LogP contribution in [0.2, 0.25) is 0 Å². The summed E-state index contributed by atoms with van der Waals surface area (Å²) in [5.41, 5.74) is 10.9. The first-order valence-corrected chi connectivity index (χ1v) is 17.5. The highest BCUT2D eigenvalue weighted by Gasteiger charge is 2.21. The van der Waals surface area contributed by atoms with Gasteiger partial charge >= 0.3 is 0 Å². The third-order valence-corrected chi connectivity index (χ3v) is 9.87. The van der Waals surface area contributed by atoms with Crippen molar-refractivity contribution in [1.29, 1.82) is 0 Å². The first-order valence-electron chi connectivity index (χ1n) is 17.5. The van der Waals surface area contributed by atoms with Gasteiger partial charge in [0, 0.05) is 44.9 Å². The number of hydrogen-bond acceptors (Lipinski definition) is 5. The second kappa shape index (κ2) is 12.5. The predicted octanol–water partition coefficient (Wildman–Crippen LogP) is 13.1. The molecule has 0 saturated heterocycles. The van der Waals surface area contributed by atoms with Gasteiger partial charge in [0.05, 0.1) is 0 Å². The smallest absolute Gasteiger partial charge is 0.227 e. The average molecular weight is 673 g/mol. The van der Waals surface area contributed by atoms with Crippen molar-refractivity contribution in [3.8, 4) is 33.9 Å². The molecule has 10 rings (SSSR count). The van der Waals surface area contributed by atoms with Gasteiger partial charge in [0.25, 0.3) is 0 Å². The zero-order chi connectivity index (χ0) is 34.4. The third kappa shape index (κ3) is 5.49. The number of hydrogen-bond donors (Lipinski definition) is 0. The van der Waals surface area contributed by atoms with Crippen molar-refractivity contribution < 1.29 is 13.3 Å². The van der Waals surface area contributed by atoms with E-state index in [2.05, 4.69) is 125 Å². The van der Waals surface area contributed by atoms with Gasteiger partial charge in [-0.1, -0.05) is 84.9 Å². The van der Waals surface area contributed by atoms with Crippen LogP contribution in [0.4, 0.5) is 11.4 Å². The lowest BCUT2D eigenvalue weighted by atomic mass is 9.95. The lowest BCUT2D eigenvalue weighted by Gasteiger charge is -2.29. The number of aromatic nitrogens is 1. The predicted molar refractivity (Wildman–Crippen MR) is 209 cm³/mol. The van der Waals surface area contributed by atoms with Gasteiger partial charge in [0.1, 0.15) is 28.2 Å². The van der Waals surface area contributed by atoms with Crippen LogP contribution in [0.3, 0.4) is 0 Å². The van der Waals surface area contributed by atoms with E-state index < -0.39 is 0 Å². The summed E-state index contributed by atoms with van der Waals surface area (Å²) in [5, 5.41) is 2.23. The summed E-state index contributed by atoms with van der Waals surface area (Å²) in [4.78, 5) is 6.97. The Labute approximate surface area is 300 Å². The van der Waals surface area contributed by atoms with Crippen LogP contribution >= 0.6 is 0 Å². The second-order valence-electron chi connectivity index (χ2n) is 13.2. The molecule has 52 heavy (non-hydrogen) atoms. The Morgan fingerprint density at radius 3 is 1.73 bits per heavy atom. The molecule has 1 aliphatic carbocycles. The third-order valence-electron chi connectivity index (χ3n) is 9.87. The number of oxazole rings is 1. The molecule has 0 N–H and O–H groups in total.